The van der Waals surface area contributed by atoms with Crippen LogP contribution in [0.3, 0.4) is 0 Å². The maximum atomic E-state index is 12.4. The summed E-state index contributed by atoms with van der Waals surface area (Å²) in [5, 5.41) is 3.46. The number of carbonyl (C=O) groups excluding carboxylic acids is 1. The van der Waals surface area contributed by atoms with Crippen LogP contribution in [0.25, 0.3) is 0 Å². The minimum atomic E-state index is -0.279. The number of nitrogens with one attached hydrogen (secondary N) is 1. The second-order valence-electron chi connectivity index (χ2n) is 5.59. The average Bonchev–Trinajstić information content (AvgIpc) is 3.07. The van der Waals surface area contributed by atoms with Gasteiger partial charge >= 0.3 is 0 Å². The monoisotopic (exact) mass is 407 g/mol. The van der Waals surface area contributed by atoms with Crippen molar-refractivity contribution in [3.05, 3.63) is 71.1 Å². The number of imidazole rings is 1. The number of hydrogen-bond donors (Lipinski definition) is 1. The van der Waals surface area contributed by atoms with Gasteiger partial charge in [-0.2, -0.15) is 0 Å². The first kappa shape index (κ1) is 20.6. The van der Waals surface area contributed by atoms with Crippen LogP contribution < -0.4 is 14.8 Å². The summed E-state index contributed by atoms with van der Waals surface area (Å²) in [6.07, 6.45) is 3.42. The van der Waals surface area contributed by atoms with Crippen LogP contribution in [0.1, 0.15) is 15.9 Å². The van der Waals surface area contributed by atoms with Crippen LogP contribution in [0.4, 0.5) is 5.82 Å². The van der Waals surface area contributed by atoms with Crippen LogP contribution in [0.15, 0.2) is 55.0 Å². The van der Waals surface area contributed by atoms with E-state index in [0.717, 1.165) is 5.56 Å². The molecule has 0 fully saturated rings. The summed E-state index contributed by atoms with van der Waals surface area (Å²) in [4.78, 5) is 16.6. The van der Waals surface area contributed by atoms with Gasteiger partial charge in [-0.25, -0.2) is 4.98 Å². The highest BCUT2D eigenvalue weighted by atomic mass is 35.5. The third kappa shape index (κ3) is 5.15. The fraction of sp³-hybridized carbons (Fsp3) is 0.158. The number of benzene rings is 2. The lowest BCUT2D eigenvalue weighted by Gasteiger charge is -2.09. The van der Waals surface area contributed by atoms with E-state index in [1.54, 1.807) is 37.8 Å². The number of hydrogen-bond acceptors (Lipinski definition) is 4. The summed E-state index contributed by atoms with van der Waals surface area (Å²) in [6, 6.07) is 12.6. The first-order chi connectivity index (χ1) is 12.6. The molecular weight excluding hydrogens is 389 g/mol. The molecule has 0 aliphatic carbocycles. The molecule has 2 aromatic carbocycles. The Hall–Kier alpha value is -2.70. The van der Waals surface area contributed by atoms with Gasteiger partial charge in [-0.3, -0.25) is 4.79 Å². The van der Waals surface area contributed by atoms with E-state index in [2.05, 4.69) is 10.3 Å². The topological polar surface area (TPSA) is 65.4 Å². The van der Waals surface area contributed by atoms with Crippen molar-refractivity contribution in [2.75, 3.05) is 19.5 Å². The Kier molecular flexibility index (Phi) is 7.10. The van der Waals surface area contributed by atoms with Gasteiger partial charge in [-0.15, -0.1) is 12.4 Å². The molecule has 27 heavy (non-hydrogen) atoms. The van der Waals surface area contributed by atoms with Gasteiger partial charge in [0.1, 0.15) is 0 Å². The molecule has 6 nitrogen and oxygen atoms in total. The normalized spacial score (nSPS) is 10.0. The molecule has 142 valence electrons. The summed E-state index contributed by atoms with van der Waals surface area (Å²) < 4.78 is 12.3. The van der Waals surface area contributed by atoms with Crippen molar-refractivity contribution in [2.45, 2.75) is 6.54 Å². The van der Waals surface area contributed by atoms with E-state index in [9.17, 15) is 4.79 Å². The fourth-order valence-electron chi connectivity index (χ4n) is 2.52. The Balaban J connectivity index is 0.00000261. The molecule has 1 amide bonds. The van der Waals surface area contributed by atoms with Gasteiger partial charge in [0.2, 0.25) is 0 Å². The van der Waals surface area contributed by atoms with Crippen LogP contribution in [-0.4, -0.2) is 29.7 Å². The van der Waals surface area contributed by atoms with Crippen molar-refractivity contribution in [3.8, 4) is 11.5 Å². The second-order valence-corrected chi connectivity index (χ2v) is 6.02. The quantitative estimate of drug-likeness (QED) is 0.662. The number of ether oxygens (including phenoxy) is 2. The predicted molar refractivity (Wildman–Crippen MR) is 108 cm³/mol. The Labute approximate surface area is 168 Å². The molecule has 0 radical (unpaired) electrons. The fourth-order valence-corrected chi connectivity index (χ4v) is 2.74. The number of nitrogens with zero attached hydrogens (tertiary/aromatic N) is 2. The van der Waals surface area contributed by atoms with E-state index in [1.165, 1.54) is 7.11 Å². The van der Waals surface area contributed by atoms with E-state index >= 15 is 0 Å². The van der Waals surface area contributed by atoms with E-state index in [1.807, 2.05) is 28.8 Å². The SMILES string of the molecule is COc1ccc(C(=O)Nc2cn(Cc3cccc(Cl)c3)cn2)cc1OC.Cl. The predicted octanol–water partition coefficient (Wildman–Crippen LogP) is 4.28. The van der Waals surface area contributed by atoms with Crippen LogP contribution in [0, 0.1) is 0 Å². The smallest absolute Gasteiger partial charge is 0.256 e. The zero-order valence-corrected chi connectivity index (χ0v) is 16.4. The van der Waals surface area contributed by atoms with Crippen LogP contribution in [0.5, 0.6) is 11.5 Å². The van der Waals surface area contributed by atoms with E-state index < -0.39 is 0 Å². The van der Waals surface area contributed by atoms with Crippen molar-refractivity contribution in [3.63, 3.8) is 0 Å². The number of rotatable bonds is 6. The Morgan fingerprint density at radius 3 is 2.63 bits per heavy atom. The summed E-state index contributed by atoms with van der Waals surface area (Å²) >= 11 is 6.00. The van der Waals surface area contributed by atoms with E-state index in [0.29, 0.717) is 34.4 Å². The van der Waals surface area contributed by atoms with E-state index in [-0.39, 0.29) is 18.3 Å². The lowest BCUT2D eigenvalue weighted by molar-refractivity contribution is 0.102. The zero-order valence-electron chi connectivity index (χ0n) is 14.8. The maximum Gasteiger partial charge on any atom is 0.256 e. The van der Waals surface area contributed by atoms with Gasteiger partial charge in [0.05, 0.1) is 20.5 Å². The molecule has 1 heterocycles. The average molecular weight is 408 g/mol. The largest absolute Gasteiger partial charge is 0.493 e. The van der Waals surface area contributed by atoms with E-state index in [4.69, 9.17) is 21.1 Å². The molecule has 1 aromatic heterocycles. The van der Waals surface area contributed by atoms with Gasteiger partial charge < -0.3 is 19.4 Å². The number of anilines is 1. The summed E-state index contributed by atoms with van der Waals surface area (Å²) in [5.41, 5.74) is 1.50. The summed E-state index contributed by atoms with van der Waals surface area (Å²) in [6.45, 7) is 0.611. The third-order valence-corrected chi connectivity index (χ3v) is 4.01. The zero-order chi connectivity index (χ0) is 18.5. The van der Waals surface area contributed by atoms with Gasteiger partial charge in [-0.05, 0) is 35.9 Å². The van der Waals surface area contributed by atoms with Crippen molar-refractivity contribution >= 4 is 35.7 Å². The standard InChI is InChI=1S/C19H18ClN3O3.ClH/c1-25-16-7-6-14(9-17(16)26-2)19(24)22-18-11-23(12-21-18)10-13-4-3-5-15(20)8-13;/h3-9,11-12H,10H2,1-2H3,(H,22,24);1H. The number of carbonyl (C=O) groups is 1. The number of methoxy groups -OCH3 is 2. The van der Waals surface area contributed by atoms with Crippen molar-refractivity contribution in [2.24, 2.45) is 0 Å². The molecule has 0 saturated carbocycles. The summed E-state index contributed by atoms with van der Waals surface area (Å²) in [7, 11) is 3.07. The van der Waals surface area contributed by atoms with Crippen LogP contribution in [0.2, 0.25) is 5.02 Å². The Morgan fingerprint density at radius 2 is 1.93 bits per heavy atom. The first-order valence-electron chi connectivity index (χ1n) is 7.88. The Bertz CT molecular complexity index is 928. The van der Waals surface area contributed by atoms with Crippen molar-refractivity contribution < 1.29 is 14.3 Å². The molecule has 1 N–H and O–H groups in total. The van der Waals surface area contributed by atoms with Crippen LogP contribution >= 0.6 is 24.0 Å². The van der Waals surface area contributed by atoms with Gasteiger partial charge in [0, 0.05) is 23.3 Å². The highest BCUT2D eigenvalue weighted by Gasteiger charge is 2.12. The van der Waals surface area contributed by atoms with Crippen LogP contribution in [-0.2, 0) is 6.54 Å². The molecule has 0 aliphatic rings. The first-order valence-corrected chi connectivity index (χ1v) is 8.26. The minimum Gasteiger partial charge on any atom is -0.493 e. The summed E-state index contributed by atoms with van der Waals surface area (Å²) in [5.74, 6) is 1.24. The molecule has 0 saturated heterocycles. The molecule has 0 atom stereocenters. The van der Waals surface area contributed by atoms with Gasteiger partial charge in [-0.1, -0.05) is 23.7 Å². The highest BCUT2D eigenvalue weighted by molar-refractivity contribution is 6.30. The molecular formula is C19H19Cl2N3O3. The van der Waals surface area contributed by atoms with Crippen molar-refractivity contribution in [1.82, 2.24) is 9.55 Å². The van der Waals surface area contributed by atoms with Gasteiger partial charge in [0.15, 0.2) is 17.3 Å². The molecule has 0 bridgehead atoms. The lowest BCUT2D eigenvalue weighted by atomic mass is 10.2. The molecule has 3 rings (SSSR count). The molecule has 0 spiro atoms. The lowest BCUT2D eigenvalue weighted by Crippen LogP contribution is -2.12. The number of halogens is 2. The minimum absolute atomic E-state index is 0. The maximum absolute atomic E-state index is 12.4. The van der Waals surface area contributed by atoms with Crippen molar-refractivity contribution in [1.29, 1.82) is 0 Å². The molecule has 0 unspecified atom stereocenters. The third-order valence-electron chi connectivity index (χ3n) is 3.77. The highest BCUT2D eigenvalue weighted by Crippen LogP contribution is 2.27. The molecule has 8 heteroatoms. The molecule has 0 aliphatic heterocycles. The Morgan fingerprint density at radius 1 is 1.15 bits per heavy atom. The second kappa shape index (κ2) is 9.30. The van der Waals surface area contributed by atoms with Gasteiger partial charge in [0.25, 0.3) is 5.91 Å². The molecule has 3 aromatic rings. The number of amides is 1. The number of aromatic nitrogens is 2.